The molecule has 0 unspecified atom stereocenters. The summed E-state index contributed by atoms with van der Waals surface area (Å²) in [5.74, 6) is -0.224. The lowest BCUT2D eigenvalue weighted by Crippen LogP contribution is -2.23. The predicted molar refractivity (Wildman–Crippen MR) is 66.7 cm³/mol. The number of nitrogens with one attached hydrogen (secondary N) is 1. The van der Waals surface area contributed by atoms with Gasteiger partial charge in [-0.25, -0.2) is 4.98 Å². The van der Waals surface area contributed by atoms with Crippen LogP contribution in [0.5, 0.6) is 0 Å². The van der Waals surface area contributed by atoms with Crippen LogP contribution in [0, 0.1) is 6.92 Å². The van der Waals surface area contributed by atoms with E-state index in [0.29, 0.717) is 17.4 Å². The second kappa shape index (κ2) is 4.92. The summed E-state index contributed by atoms with van der Waals surface area (Å²) in [6.07, 6.45) is 1.74. The molecular formula is C11H12N4OS. The molecule has 0 spiro atoms. The minimum absolute atomic E-state index is 0.224. The standard InChI is InChI=1S/C11H12N4OS/c1-7-2-3-8(4-13-7)5-14-10(16)9-6-17-11(12)15-9/h2-4,6H,5H2,1H3,(H2,12,15)(H,14,16). The first-order valence-electron chi connectivity index (χ1n) is 5.06. The number of rotatable bonds is 3. The zero-order valence-electron chi connectivity index (χ0n) is 9.30. The number of hydrogen-bond donors (Lipinski definition) is 2. The Morgan fingerprint density at radius 3 is 2.94 bits per heavy atom. The van der Waals surface area contributed by atoms with Crippen LogP contribution >= 0.6 is 11.3 Å². The monoisotopic (exact) mass is 248 g/mol. The van der Waals surface area contributed by atoms with Crippen molar-refractivity contribution >= 4 is 22.4 Å². The largest absolute Gasteiger partial charge is 0.375 e. The maximum Gasteiger partial charge on any atom is 0.271 e. The molecule has 5 nitrogen and oxygen atoms in total. The van der Waals surface area contributed by atoms with Crippen LogP contribution in [0.3, 0.4) is 0 Å². The van der Waals surface area contributed by atoms with Crippen molar-refractivity contribution in [3.63, 3.8) is 0 Å². The fourth-order valence-corrected chi connectivity index (χ4v) is 1.81. The van der Waals surface area contributed by atoms with E-state index in [1.807, 2.05) is 19.1 Å². The average Bonchev–Trinajstić information content (AvgIpc) is 2.75. The van der Waals surface area contributed by atoms with Crippen LogP contribution in [0.15, 0.2) is 23.7 Å². The van der Waals surface area contributed by atoms with Crippen molar-refractivity contribution in [2.75, 3.05) is 5.73 Å². The van der Waals surface area contributed by atoms with E-state index in [2.05, 4.69) is 15.3 Å². The van der Waals surface area contributed by atoms with E-state index in [1.54, 1.807) is 11.6 Å². The Hall–Kier alpha value is -1.95. The molecule has 2 heterocycles. The van der Waals surface area contributed by atoms with Gasteiger partial charge in [-0.1, -0.05) is 6.07 Å². The Morgan fingerprint density at radius 2 is 2.35 bits per heavy atom. The van der Waals surface area contributed by atoms with Gasteiger partial charge in [-0.2, -0.15) is 0 Å². The molecule has 0 aliphatic rings. The van der Waals surface area contributed by atoms with Crippen LogP contribution in [0.4, 0.5) is 5.13 Å². The maximum absolute atomic E-state index is 11.7. The molecule has 0 bridgehead atoms. The minimum atomic E-state index is -0.224. The Kier molecular flexibility index (Phi) is 3.34. The first-order chi connectivity index (χ1) is 8.15. The topological polar surface area (TPSA) is 80.9 Å². The van der Waals surface area contributed by atoms with E-state index in [4.69, 9.17) is 5.73 Å². The second-order valence-corrected chi connectivity index (χ2v) is 4.45. The molecule has 17 heavy (non-hydrogen) atoms. The molecule has 0 saturated heterocycles. The van der Waals surface area contributed by atoms with E-state index >= 15 is 0 Å². The fourth-order valence-electron chi connectivity index (χ4n) is 1.27. The van der Waals surface area contributed by atoms with Crippen LogP contribution < -0.4 is 11.1 Å². The molecule has 2 aromatic heterocycles. The van der Waals surface area contributed by atoms with Gasteiger partial charge in [0.15, 0.2) is 5.13 Å². The molecule has 0 radical (unpaired) electrons. The van der Waals surface area contributed by atoms with Crippen molar-refractivity contribution in [3.8, 4) is 0 Å². The molecule has 0 aliphatic carbocycles. The van der Waals surface area contributed by atoms with E-state index in [0.717, 1.165) is 11.3 Å². The van der Waals surface area contributed by atoms with E-state index in [9.17, 15) is 4.79 Å². The molecule has 2 aromatic rings. The van der Waals surface area contributed by atoms with E-state index < -0.39 is 0 Å². The summed E-state index contributed by atoms with van der Waals surface area (Å²) in [4.78, 5) is 19.7. The van der Waals surface area contributed by atoms with Crippen molar-refractivity contribution in [3.05, 3.63) is 40.7 Å². The highest BCUT2D eigenvalue weighted by Gasteiger charge is 2.08. The molecule has 2 rings (SSSR count). The van der Waals surface area contributed by atoms with Crippen molar-refractivity contribution in [1.29, 1.82) is 0 Å². The number of carbonyl (C=O) groups is 1. The van der Waals surface area contributed by atoms with Gasteiger partial charge in [0.25, 0.3) is 5.91 Å². The van der Waals surface area contributed by atoms with Crippen LogP contribution in [0.2, 0.25) is 0 Å². The Labute approximate surface area is 103 Å². The van der Waals surface area contributed by atoms with Crippen molar-refractivity contribution in [1.82, 2.24) is 15.3 Å². The highest BCUT2D eigenvalue weighted by molar-refractivity contribution is 7.13. The van der Waals surface area contributed by atoms with Gasteiger partial charge < -0.3 is 11.1 Å². The normalized spacial score (nSPS) is 10.2. The Balaban J connectivity index is 1.94. The van der Waals surface area contributed by atoms with Crippen LogP contribution in [0.1, 0.15) is 21.7 Å². The highest BCUT2D eigenvalue weighted by Crippen LogP contribution is 2.10. The second-order valence-electron chi connectivity index (χ2n) is 3.56. The summed E-state index contributed by atoms with van der Waals surface area (Å²) < 4.78 is 0. The number of pyridine rings is 1. The SMILES string of the molecule is Cc1ccc(CNC(=O)c2csc(N)n2)cn1. The Bertz CT molecular complexity index is 521. The summed E-state index contributed by atoms with van der Waals surface area (Å²) >= 11 is 1.25. The van der Waals surface area contributed by atoms with Crippen LogP contribution in [-0.2, 0) is 6.54 Å². The molecule has 1 amide bonds. The lowest BCUT2D eigenvalue weighted by Gasteiger charge is -2.03. The fraction of sp³-hybridized carbons (Fsp3) is 0.182. The predicted octanol–water partition coefficient (Wildman–Crippen LogP) is 1.36. The molecule has 0 saturated carbocycles. The summed E-state index contributed by atoms with van der Waals surface area (Å²) in [6, 6.07) is 3.83. The molecule has 0 fully saturated rings. The molecule has 0 atom stereocenters. The lowest BCUT2D eigenvalue weighted by molar-refractivity contribution is 0.0946. The number of aromatic nitrogens is 2. The maximum atomic E-state index is 11.7. The Morgan fingerprint density at radius 1 is 1.53 bits per heavy atom. The summed E-state index contributed by atoms with van der Waals surface area (Å²) in [5.41, 5.74) is 7.71. The number of thiazole rings is 1. The number of nitrogens with two attached hydrogens (primary N) is 1. The molecule has 0 aliphatic heterocycles. The average molecular weight is 248 g/mol. The van der Waals surface area contributed by atoms with Crippen LogP contribution in [0.25, 0.3) is 0 Å². The lowest BCUT2D eigenvalue weighted by atomic mass is 10.2. The summed E-state index contributed by atoms with van der Waals surface area (Å²) in [6.45, 7) is 2.35. The quantitative estimate of drug-likeness (QED) is 0.859. The summed E-state index contributed by atoms with van der Waals surface area (Å²) in [5, 5.41) is 4.79. The van der Waals surface area contributed by atoms with Gasteiger partial charge in [0.1, 0.15) is 5.69 Å². The summed E-state index contributed by atoms with van der Waals surface area (Å²) in [7, 11) is 0. The first kappa shape index (κ1) is 11.5. The van der Waals surface area contributed by atoms with Gasteiger partial charge in [0.05, 0.1) is 0 Å². The number of amides is 1. The smallest absolute Gasteiger partial charge is 0.271 e. The zero-order valence-corrected chi connectivity index (χ0v) is 10.1. The molecular weight excluding hydrogens is 236 g/mol. The number of nitrogens with zero attached hydrogens (tertiary/aromatic N) is 2. The van der Waals surface area contributed by atoms with Gasteiger partial charge in [-0.3, -0.25) is 9.78 Å². The first-order valence-corrected chi connectivity index (χ1v) is 5.94. The number of anilines is 1. The number of nitrogen functional groups attached to an aromatic ring is 1. The van der Waals surface area contributed by atoms with E-state index in [1.165, 1.54) is 11.3 Å². The van der Waals surface area contributed by atoms with Crippen molar-refractivity contribution in [2.24, 2.45) is 0 Å². The number of carbonyl (C=O) groups excluding carboxylic acids is 1. The third kappa shape index (κ3) is 3.01. The molecule has 0 aromatic carbocycles. The van der Waals surface area contributed by atoms with E-state index in [-0.39, 0.29) is 5.91 Å². The number of hydrogen-bond acceptors (Lipinski definition) is 5. The number of aryl methyl sites for hydroxylation is 1. The minimum Gasteiger partial charge on any atom is -0.375 e. The van der Waals surface area contributed by atoms with Gasteiger partial charge in [-0.15, -0.1) is 11.3 Å². The van der Waals surface area contributed by atoms with Crippen molar-refractivity contribution in [2.45, 2.75) is 13.5 Å². The van der Waals surface area contributed by atoms with Crippen molar-refractivity contribution < 1.29 is 4.79 Å². The third-order valence-corrected chi connectivity index (χ3v) is 2.85. The van der Waals surface area contributed by atoms with Gasteiger partial charge in [0, 0.05) is 23.8 Å². The van der Waals surface area contributed by atoms with Gasteiger partial charge >= 0.3 is 0 Å². The zero-order chi connectivity index (χ0) is 12.3. The molecule has 3 N–H and O–H groups in total. The molecule has 6 heteroatoms. The van der Waals surface area contributed by atoms with Gasteiger partial charge in [-0.05, 0) is 18.6 Å². The highest BCUT2D eigenvalue weighted by atomic mass is 32.1. The molecule has 88 valence electrons. The van der Waals surface area contributed by atoms with Crippen LogP contribution in [-0.4, -0.2) is 15.9 Å². The van der Waals surface area contributed by atoms with Gasteiger partial charge in [0.2, 0.25) is 0 Å². The third-order valence-electron chi connectivity index (χ3n) is 2.18.